The number of nitrogens with one attached hydrogen (secondary N) is 1. The van der Waals surface area contributed by atoms with E-state index in [9.17, 15) is 4.79 Å². The lowest BCUT2D eigenvalue weighted by molar-refractivity contribution is -0.128. The maximum atomic E-state index is 12.4. The molecule has 3 nitrogen and oxygen atoms in total. The summed E-state index contributed by atoms with van der Waals surface area (Å²) in [6.07, 6.45) is 1.86. The molecule has 0 aromatic heterocycles. The molecule has 2 aliphatic rings. The van der Waals surface area contributed by atoms with Crippen molar-refractivity contribution in [3.63, 3.8) is 0 Å². The zero-order chi connectivity index (χ0) is 14.5. The second-order valence-corrected chi connectivity index (χ2v) is 8.13. The van der Waals surface area contributed by atoms with Gasteiger partial charge < -0.3 is 4.90 Å². The summed E-state index contributed by atoms with van der Waals surface area (Å²) in [7, 11) is 0. The Labute approximate surface area is 135 Å². The predicted molar refractivity (Wildman–Crippen MR) is 91.8 cm³/mol. The first-order valence-electron chi connectivity index (χ1n) is 7.58. The van der Waals surface area contributed by atoms with E-state index in [2.05, 4.69) is 29.6 Å². The molecule has 1 aromatic rings. The Morgan fingerprint density at radius 2 is 2.10 bits per heavy atom. The van der Waals surface area contributed by atoms with Crippen LogP contribution in [-0.2, 0) is 11.2 Å². The maximum absolute atomic E-state index is 12.4. The number of aryl methyl sites for hydroxylation is 1. The van der Waals surface area contributed by atoms with E-state index in [1.54, 1.807) is 0 Å². The summed E-state index contributed by atoms with van der Waals surface area (Å²) in [5.74, 6) is 3.96. The molecule has 0 aliphatic carbocycles. The van der Waals surface area contributed by atoms with Crippen LogP contribution < -0.4 is 5.32 Å². The molecule has 2 fully saturated rings. The van der Waals surface area contributed by atoms with Gasteiger partial charge in [-0.15, -0.1) is 0 Å². The Morgan fingerprint density at radius 3 is 2.86 bits per heavy atom. The fourth-order valence-corrected chi connectivity index (χ4v) is 5.51. The number of thioether (sulfide) groups is 2. The van der Waals surface area contributed by atoms with Crippen LogP contribution in [0.5, 0.6) is 0 Å². The lowest BCUT2D eigenvalue weighted by atomic mass is 10.1. The highest BCUT2D eigenvalue weighted by atomic mass is 32.2. The minimum Gasteiger partial charge on any atom is -0.327 e. The molecule has 0 radical (unpaired) electrons. The van der Waals surface area contributed by atoms with Crippen LogP contribution in [0.25, 0.3) is 0 Å². The summed E-state index contributed by atoms with van der Waals surface area (Å²) in [5.41, 5.74) is 1.31. The quantitative estimate of drug-likeness (QED) is 0.901. The minimum absolute atomic E-state index is 0.00597. The number of hydrogen-bond acceptors (Lipinski definition) is 4. The van der Waals surface area contributed by atoms with Gasteiger partial charge in [0.2, 0.25) is 5.91 Å². The lowest BCUT2D eigenvalue weighted by Crippen LogP contribution is -2.37. The molecule has 2 atom stereocenters. The first-order valence-corrected chi connectivity index (χ1v) is 9.79. The largest absolute Gasteiger partial charge is 0.327 e. The van der Waals surface area contributed by atoms with Crippen molar-refractivity contribution in [2.75, 3.05) is 30.5 Å². The molecule has 2 saturated heterocycles. The van der Waals surface area contributed by atoms with Crippen molar-refractivity contribution in [3.05, 3.63) is 35.9 Å². The molecular weight excluding hydrogens is 300 g/mol. The molecule has 5 heteroatoms. The summed E-state index contributed by atoms with van der Waals surface area (Å²) in [5, 5.41) is 3.99. The van der Waals surface area contributed by atoms with Crippen LogP contribution in [-0.4, -0.2) is 52.6 Å². The zero-order valence-electron chi connectivity index (χ0n) is 12.2. The van der Waals surface area contributed by atoms with E-state index >= 15 is 0 Å². The summed E-state index contributed by atoms with van der Waals surface area (Å²) < 4.78 is 0. The molecule has 2 aliphatic heterocycles. The van der Waals surface area contributed by atoms with Crippen molar-refractivity contribution < 1.29 is 4.79 Å². The number of rotatable bonds is 5. The summed E-state index contributed by atoms with van der Waals surface area (Å²) in [6.45, 7) is 1.63. The van der Waals surface area contributed by atoms with Crippen molar-refractivity contribution >= 4 is 29.4 Å². The van der Waals surface area contributed by atoms with E-state index in [0.717, 1.165) is 26.1 Å². The monoisotopic (exact) mass is 322 g/mol. The summed E-state index contributed by atoms with van der Waals surface area (Å²) in [4.78, 5) is 14.5. The van der Waals surface area contributed by atoms with Gasteiger partial charge in [-0.2, -0.15) is 23.5 Å². The summed E-state index contributed by atoms with van der Waals surface area (Å²) >= 11 is 4.04. The number of nitrogens with zero attached hydrogens (tertiary/aromatic N) is 1. The van der Waals surface area contributed by atoms with Crippen LogP contribution in [0.3, 0.4) is 0 Å². The van der Waals surface area contributed by atoms with E-state index in [0.29, 0.717) is 11.2 Å². The topological polar surface area (TPSA) is 32.3 Å². The van der Waals surface area contributed by atoms with E-state index in [1.807, 2.05) is 34.5 Å². The van der Waals surface area contributed by atoms with Crippen molar-refractivity contribution in [2.24, 2.45) is 0 Å². The molecular formula is C16H22N2OS2. The SMILES string of the molecule is O=C1C(CCc2ccccc2)NCN1CC1CSCCS1. The van der Waals surface area contributed by atoms with Gasteiger partial charge in [0.25, 0.3) is 0 Å². The molecule has 21 heavy (non-hydrogen) atoms. The normalized spacial score (nSPS) is 26.3. The Hall–Kier alpha value is -0.650. The number of carbonyl (C=O) groups is 1. The molecule has 1 N–H and O–H groups in total. The van der Waals surface area contributed by atoms with Gasteiger partial charge in [-0.25, -0.2) is 0 Å². The molecule has 2 unspecified atom stereocenters. The molecule has 0 spiro atoms. The van der Waals surface area contributed by atoms with Gasteiger partial charge in [0.15, 0.2) is 0 Å². The maximum Gasteiger partial charge on any atom is 0.240 e. The number of hydrogen-bond donors (Lipinski definition) is 1. The second kappa shape index (κ2) is 7.56. The van der Waals surface area contributed by atoms with Crippen LogP contribution in [0.4, 0.5) is 0 Å². The van der Waals surface area contributed by atoms with Gasteiger partial charge >= 0.3 is 0 Å². The third kappa shape index (κ3) is 4.18. The number of benzene rings is 1. The van der Waals surface area contributed by atoms with Gasteiger partial charge in [-0.1, -0.05) is 30.3 Å². The van der Waals surface area contributed by atoms with Crippen molar-refractivity contribution in [3.8, 4) is 0 Å². The van der Waals surface area contributed by atoms with Gasteiger partial charge in [0, 0.05) is 29.1 Å². The van der Waals surface area contributed by atoms with Crippen LogP contribution in [0.2, 0.25) is 0 Å². The van der Waals surface area contributed by atoms with E-state index in [-0.39, 0.29) is 6.04 Å². The highest BCUT2D eigenvalue weighted by Gasteiger charge is 2.32. The van der Waals surface area contributed by atoms with Crippen LogP contribution in [0.15, 0.2) is 30.3 Å². The molecule has 2 heterocycles. The molecule has 0 saturated carbocycles. The van der Waals surface area contributed by atoms with Crippen LogP contribution in [0.1, 0.15) is 12.0 Å². The highest BCUT2D eigenvalue weighted by molar-refractivity contribution is 8.06. The second-order valence-electron chi connectivity index (χ2n) is 5.57. The van der Waals surface area contributed by atoms with E-state index in [1.165, 1.54) is 22.8 Å². The van der Waals surface area contributed by atoms with Gasteiger partial charge in [0.05, 0.1) is 12.7 Å². The van der Waals surface area contributed by atoms with E-state index < -0.39 is 0 Å². The van der Waals surface area contributed by atoms with E-state index in [4.69, 9.17) is 0 Å². The molecule has 3 rings (SSSR count). The minimum atomic E-state index is 0.00597. The Kier molecular flexibility index (Phi) is 5.49. The van der Waals surface area contributed by atoms with Gasteiger partial charge in [-0.3, -0.25) is 10.1 Å². The molecule has 1 aromatic carbocycles. The van der Waals surface area contributed by atoms with Crippen LogP contribution >= 0.6 is 23.5 Å². The Morgan fingerprint density at radius 1 is 1.24 bits per heavy atom. The first kappa shape index (κ1) is 15.3. The van der Waals surface area contributed by atoms with Crippen molar-refractivity contribution in [2.45, 2.75) is 24.1 Å². The molecule has 0 bridgehead atoms. The van der Waals surface area contributed by atoms with Crippen molar-refractivity contribution in [1.29, 1.82) is 0 Å². The van der Waals surface area contributed by atoms with Crippen LogP contribution in [0, 0.1) is 0 Å². The van der Waals surface area contributed by atoms with Gasteiger partial charge in [-0.05, 0) is 18.4 Å². The smallest absolute Gasteiger partial charge is 0.240 e. The molecule has 114 valence electrons. The fourth-order valence-electron chi connectivity index (χ4n) is 2.83. The Balaban J connectivity index is 1.47. The fraction of sp³-hybridized carbons (Fsp3) is 0.562. The standard InChI is InChI=1S/C16H22N2OS2/c19-16-15(7-6-13-4-2-1-3-5-13)17-12-18(16)10-14-11-20-8-9-21-14/h1-5,14-15,17H,6-12H2. The lowest BCUT2D eigenvalue weighted by Gasteiger charge is -2.25. The zero-order valence-corrected chi connectivity index (χ0v) is 13.8. The predicted octanol–water partition coefficient (Wildman–Crippen LogP) is 2.23. The Bertz CT molecular complexity index is 463. The third-order valence-corrected chi connectivity index (χ3v) is 6.84. The average Bonchev–Trinajstić information content (AvgIpc) is 2.88. The number of amides is 1. The average molecular weight is 322 g/mol. The van der Waals surface area contributed by atoms with Gasteiger partial charge in [0.1, 0.15) is 0 Å². The van der Waals surface area contributed by atoms with Crippen molar-refractivity contribution in [1.82, 2.24) is 10.2 Å². The summed E-state index contributed by atoms with van der Waals surface area (Å²) in [6, 6.07) is 10.4. The third-order valence-electron chi connectivity index (χ3n) is 4.01. The first-order chi connectivity index (χ1) is 10.3. The number of carbonyl (C=O) groups excluding carboxylic acids is 1. The molecule has 1 amide bonds. The highest BCUT2D eigenvalue weighted by Crippen LogP contribution is 2.25.